The summed E-state index contributed by atoms with van der Waals surface area (Å²) in [4.78, 5) is 26.3. The molecule has 4 atom stereocenters. The SMILES string of the molecule is Cc1ccc(NC(=O)NCC2OC(CC(=O)N3CCC(C)CC3)C(O)C2O)cc1. The van der Waals surface area contributed by atoms with Crippen molar-refractivity contribution in [2.24, 2.45) is 5.92 Å². The van der Waals surface area contributed by atoms with Crippen LogP contribution in [0.3, 0.4) is 0 Å². The second-order valence-electron chi connectivity index (χ2n) is 8.16. The Bertz CT molecular complexity index is 703. The van der Waals surface area contributed by atoms with E-state index in [1.54, 1.807) is 17.0 Å². The van der Waals surface area contributed by atoms with E-state index < -0.39 is 30.4 Å². The van der Waals surface area contributed by atoms with Crippen molar-refractivity contribution in [2.45, 2.75) is 57.5 Å². The van der Waals surface area contributed by atoms with Crippen LogP contribution >= 0.6 is 0 Å². The minimum absolute atomic E-state index is 0.0265. The molecule has 2 heterocycles. The lowest BCUT2D eigenvalue weighted by Crippen LogP contribution is -2.42. The number of urea groups is 1. The van der Waals surface area contributed by atoms with Gasteiger partial charge in [0.2, 0.25) is 5.91 Å². The van der Waals surface area contributed by atoms with E-state index in [2.05, 4.69) is 17.6 Å². The molecule has 4 N–H and O–H groups in total. The van der Waals surface area contributed by atoms with Gasteiger partial charge in [-0.2, -0.15) is 0 Å². The van der Waals surface area contributed by atoms with Crippen molar-refractivity contribution in [3.63, 3.8) is 0 Å². The number of carbonyl (C=O) groups excluding carboxylic acids is 2. The summed E-state index contributed by atoms with van der Waals surface area (Å²) in [5, 5.41) is 25.9. The number of amides is 3. The van der Waals surface area contributed by atoms with Crippen molar-refractivity contribution in [1.82, 2.24) is 10.2 Å². The van der Waals surface area contributed by atoms with Gasteiger partial charge in [-0.15, -0.1) is 0 Å². The van der Waals surface area contributed by atoms with Crippen LogP contribution in [0.1, 0.15) is 31.7 Å². The normalized spacial score (nSPS) is 27.7. The molecule has 0 radical (unpaired) electrons. The predicted molar refractivity (Wildman–Crippen MR) is 108 cm³/mol. The summed E-state index contributed by atoms with van der Waals surface area (Å²) in [6.45, 7) is 5.60. The molecule has 8 nitrogen and oxygen atoms in total. The maximum absolute atomic E-state index is 12.5. The van der Waals surface area contributed by atoms with Gasteiger partial charge in [0.25, 0.3) is 0 Å². The van der Waals surface area contributed by atoms with Crippen molar-refractivity contribution < 1.29 is 24.5 Å². The summed E-state index contributed by atoms with van der Waals surface area (Å²) < 4.78 is 5.69. The Hall–Kier alpha value is -2.16. The Balaban J connectivity index is 1.45. The van der Waals surface area contributed by atoms with Crippen LogP contribution in [-0.2, 0) is 9.53 Å². The molecule has 0 aliphatic carbocycles. The van der Waals surface area contributed by atoms with Crippen LogP contribution in [-0.4, -0.2) is 71.1 Å². The van der Waals surface area contributed by atoms with Gasteiger partial charge in [-0.25, -0.2) is 4.79 Å². The lowest BCUT2D eigenvalue weighted by atomic mass is 9.98. The maximum Gasteiger partial charge on any atom is 0.319 e. The number of aliphatic hydroxyl groups excluding tert-OH is 2. The lowest BCUT2D eigenvalue weighted by molar-refractivity contribution is -0.136. The van der Waals surface area contributed by atoms with Gasteiger partial charge in [-0.05, 0) is 37.8 Å². The predicted octanol–water partition coefficient (Wildman–Crippen LogP) is 1.25. The highest BCUT2D eigenvalue weighted by Crippen LogP contribution is 2.25. The number of hydrogen-bond acceptors (Lipinski definition) is 5. The quantitative estimate of drug-likeness (QED) is 0.589. The number of aryl methyl sites for hydroxylation is 1. The zero-order chi connectivity index (χ0) is 21.0. The second-order valence-corrected chi connectivity index (χ2v) is 8.16. The number of aliphatic hydroxyl groups is 2. The summed E-state index contributed by atoms with van der Waals surface area (Å²) >= 11 is 0. The molecule has 8 heteroatoms. The first-order valence-electron chi connectivity index (χ1n) is 10.2. The van der Waals surface area contributed by atoms with Crippen LogP contribution in [0.25, 0.3) is 0 Å². The molecular weight excluding hydrogens is 374 g/mol. The van der Waals surface area contributed by atoms with E-state index in [0.29, 0.717) is 11.6 Å². The molecule has 1 aromatic carbocycles. The minimum Gasteiger partial charge on any atom is -0.388 e. The molecule has 3 amide bonds. The zero-order valence-corrected chi connectivity index (χ0v) is 17.0. The average Bonchev–Trinajstić information content (AvgIpc) is 2.96. The van der Waals surface area contributed by atoms with Crippen LogP contribution in [0, 0.1) is 12.8 Å². The third-order valence-corrected chi connectivity index (χ3v) is 5.75. The Morgan fingerprint density at radius 2 is 1.72 bits per heavy atom. The smallest absolute Gasteiger partial charge is 0.319 e. The number of nitrogens with one attached hydrogen (secondary N) is 2. The highest BCUT2D eigenvalue weighted by molar-refractivity contribution is 5.89. The van der Waals surface area contributed by atoms with Crippen molar-refractivity contribution in [2.75, 3.05) is 25.0 Å². The van der Waals surface area contributed by atoms with Gasteiger partial charge in [-0.3, -0.25) is 4.79 Å². The van der Waals surface area contributed by atoms with Gasteiger partial charge in [0.1, 0.15) is 18.3 Å². The largest absolute Gasteiger partial charge is 0.388 e. The fourth-order valence-electron chi connectivity index (χ4n) is 3.73. The van der Waals surface area contributed by atoms with Crippen molar-refractivity contribution in [3.05, 3.63) is 29.8 Å². The number of carbonyl (C=O) groups is 2. The molecule has 0 bridgehead atoms. The number of anilines is 1. The monoisotopic (exact) mass is 405 g/mol. The van der Waals surface area contributed by atoms with Crippen LogP contribution in [0.5, 0.6) is 0 Å². The molecule has 1 aromatic rings. The summed E-state index contributed by atoms with van der Waals surface area (Å²) in [7, 11) is 0. The molecule has 0 aromatic heterocycles. The molecule has 2 aliphatic heterocycles. The average molecular weight is 405 g/mol. The Morgan fingerprint density at radius 3 is 2.38 bits per heavy atom. The number of nitrogens with zero attached hydrogens (tertiary/aromatic N) is 1. The standard InChI is InChI=1S/C21H31N3O5/c1-13-3-5-15(6-4-13)23-21(28)22-12-17-20(27)19(26)16(29-17)11-18(25)24-9-7-14(2)8-10-24/h3-6,14,16-17,19-20,26-27H,7-12H2,1-2H3,(H2,22,23,28). The number of likely N-dealkylation sites (tertiary alicyclic amines) is 1. The molecule has 2 saturated heterocycles. The first-order valence-corrected chi connectivity index (χ1v) is 10.2. The van der Waals surface area contributed by atoms with E-state index in [4.69, 9.17) is 4.74 Å². The lowest BCUT2D eigenvalue weighted by Gasteiger charge is -2.31. The Labute approximate surface area is 171 Å². The Morgan fingerprint density at radius 1 is 1.10 bits per heavy atom. The maximum atomic E-state index is 12.5. The van der Waals surface area contributed by atoms with Crippen LogP contribution in [0.4, 0.5) is 10.5 Å². The molecule has 2 fully saturated rings. The third-order valence-electron chi connectivity index (χ3n) is 5.75. The summed E-state index contributed by atoms with van der Waals surface area (Å²) in [6.07, 6.45) is -1.88. The molecule has 160 valence electrons. The van der Waals surface area contributed by atoms with E-state index in [1.807, 2.05) is 19.1 Å². The summed E-state index contributed by atoms with van der Waals surface area (Å²) in [6, 6.07) is 6.94. The van der Waals surface area contributed by atoms with E-state index in [0.717, 1.165) is 31.5 Å². The van der Waals surface area contributed by atoms with E-state index in [1.165, 1.54) is 0 Å². The van der Waals surface area contributed by atoms with Gasteiger partial charge in [-0.1, -0.05) is 24.6 Å². The second kappa shape index (κ2) is 9.56. The van der Waals surface area contributed by atoms with Crippen LogP contribution in [0.2, 0.25) is 0 Å². The van der Waals surface area contributed by atoms with Crippen LogP contribution < -0.4 is 10.6 Å². The zero-order valence-electron chi connectivity index (χ0n) is 17.0. The fraction of sp³-hybridized carbons (Fsp3) is 0.619. The van der Waals surface area contributed by atoms with E-state index >= 15 is 0 Å². The minimum atomic E-state index is -1.16. The summed E-state index contributed by atoms with van der Waals surface area (Å²) in [5.41, 5.74) is 1.74. The molecule has 0 spiro atoms. The topological polar surface area (TPSA) is 111 Å². The van der Waals surface area contributed by atoms with Crippen molar-refractivity contribution in [3.8, 4) is 0 Å². The first-order chi connectivity index (χ1) is 13.8. The van der Waals surface area contributed by atoms with Gasteiger partial charge >= 0.3 is 6.03 Å². The molecule has 0 saturated carbocycles. The number of ether oxygens (including phenoxy) is 1. The van der Waals surface area contributed by atoms with E-state index in [-0.39, 0.29) is 18.9 Å². The fourth-order valence-corrected chi connectivity index (χ4v) is 3.73. The number of rotatable bonds is 5. The van der Waals surface area contributed by atoms with Gasteiger partial charge in [0.05, 0.1) is 12.5 Å². The summed E-state index contributed by atoms with van der Waals surface area (Å²) in [5.74, 6) is 0.551. The number of benzene rings is 1. The highest BCUT2D eigenvalue weighted by Gasteiger charge is 2.43. The number of piperidine rings is 1. The van der Waals surface area contributed by atoms with Crippen molar-refractivity contribution >= 4 is 17.6 Å². The Kier molecular flexibility index (Phi) is 7.10. The van der Waals surface area contributed by atoms with Crippen molar-refractivity contribution in [1.29, 1.82) is 0 Å². The highest BCUT2D eigenvalue weighted by atomic mass is 16.5. The first kappa shape index (κ1) is 21.5. The van der Waals surface area contributed by atoms with Gasteiger partial charge in [0.15, 0.2) is 0 Å². The molecule has 29 heavy (non-hydrogen) atoms. The molecule has 2 aliphatic rings. The third kappa shape index (κ3) is 5.68. The van der Waals surface area contributed by atoms with Gasteiger partial charge in [0, 0.05) is 25.3 Å². The molecular formula is C21H31N3O5. The number of hydrogen-bond donors (Lipinski definition) is 4. The van der Waals surface area contributed by atoms with Crippen LogP contribution in [0.15, 0.2) is 24.3 Å². The van der Waals surface area contributed by atoms with Gasteiger partial charge < -0.3 is 30.5 Å². The van der Waals surface area contributed by atoms with E-state index in [9.17, 15) is 19.8 Å². The molecule has 3 rings (SSSR count). The molecule has 4 unspecified atom stereocenters.